The van der Waals surface area contributed by atoms with Crippen molar-refractivity contribution in [2.45, 2.75) is 25.4 Å². The van der Waals surface area contributed by atoms with Gasteiger partial charge in [-0.25, -0.2) is 4.79 Å². The first-order valence-electron chi connectivity index (χ1n) is 5.41. The van der Waals surface area contributed by atoms with Crippen LogP contribution in [-0.4, -0.2) is 38.6 Å². The molecule has 3 atom stereocenters. The first-order valence-corrected chi connectivity index (χ1v) is 5.41. The number of aromatic nitrogens is 2. The number of nitrogens with zero attached hydrogens (tertiary/aromatic N) is 1. The van der Waals surface area contributed by atoms with E-state index in [0.717, 1.165) is 4.57 Å². The summed E-state index contributed by atoms with van der Waals surface area (Å²) in [5.74, 6) is 0. The maximum atomic E-state index is 11.7. The second-order valence-corrected chi connectivity index (χ2v) is 4.21. The van der Waals surface area contributed by atoms with Crippen LogP contribution in [0.3, 0.4) is 0 Å². The Morgan fingerprint density at radius 3 is 2.78 bits per heavy atom. The van der Waals surface area contributed by atoms with E-state index in [4.69, 9.17) is 9.84 Å². The van der Waals surface area contributed by atoms with Gasteiger partial charge in [-0.1, -0.05) is 6.58 Å². The lowest BCUT2D eigenvalue weighted by atomic mass is 10.1. The zero-order chi connectivity index (χ0) is 13.4. The minimum Gasteiger partial charge on any atom is -0.394 e. The van der Waals surface area contributed by atoms with E-state index < -0.39 is 29.7 Å². The molecular formula is C11H14N2O5. The molecule has 2 rings (SSSR count). The van der Waals surface area contributed by atoms with E-state index in [1.54, 1.807) is 6.92 Å². The summed E-state index contributed by atoms with van der Waals surface area (Å²) in [6.07, 6.45) is -1.41. The van der Waals surface area contributed by atoms with Crippen LogP contribution in [0.4, 0.5) is 0 Å². The van der Waals surface area contributed by atoms with Crippen LogP contribution in [0.2, 0.25) is 0 Å². The lowest BCUT2D eigenvalue weighted by Crippen LogP contribution is -2.33. The third-order valence-corrected chi connectivity index (χ3v) is 2.93. The predicted octanol–water partition coefficient (Wildman–Crippen LogP) is -1.35. The number of aliphatic hydroxyl groups excluding tert-OH is 2. The van der Waals surface area contributed by atoms with Crippen LogP contribution in [0, 0.1) is 6.92 Å². The summed E-state index contributed by atoms with van der Waals surface area (Å²) in [7, 11) is 0. The highest BCUT2D eigenvalue weighted by atomic mass is 16.5. The zero-order valence-electron chi connectivity index (χ0n) is 9.79. The van der Waals surface area contributed by atoms with E-state index in [1.165, 1.54) is 6.20 Å². The van der Waals surface area contributed by atoms with Gasteiger partial charge < -0.3 is 14.9 Å². The molecule has 7 nitrogen and oxygen atoms in total. The highest BCUT2D eigenvalue weighted by Crippen LogP contribution is 2.31. The summed E-state index contributed by atoms with van der Waals surface area (Å²) in [5.41, 5.74) is -0.516. The molecule has 0 spiro atoms. The molecule has 1 aromatic heterocycles. The molecule has 7 heteroatoms. The Kier molecular flexibility index (Phi) is 3.20. The monoisotopic (exact) mass is 254 g/mol. The van der Waals surface area contributed by atoms with Gasteiger partial charge in [-0.05, 0) is 6.92 Å². The van der Waals surface area contributed by atoms with Crippen molar-refractivity contribution in [1.82, 2.24) is 9.55 Å². The number of ether oxygens (including phenoxy) is 1. The number of nitrogens with one attached hydrogen (secondary N) is 1. The summed E-state index contributed by atoms with van der Waals surface area (Å²) < 4.78 is 6.48. The Labute approximate surface area is 102 Å². The van der Waals surface area contributed by atoms with Crippen LogP contribution in [0.5, 0.6) is 0 Å². The SMILES string of the molecule is C=C1C(n2cc(C)c(=O)[nH]c2=O)O[C@H](CO)[C@@H]1O. The number of aromatic amines is 1. The molecule has 0 bridgehead atoms. The molecule has 0 amide bonds. The van der Waals surface area contributed by atoms with E-state index in [2.05, 4.69) is 11.6 Å². The fraction of sp³-hybridized carbons (Fsp3) is 0.455. The van der Waals surface area contributed by atoms with Gasteiger partial charge in [-0.2, -0.15) is 0 Å². The van der Waals surface area contributed by atoms with Crippen molar-refractivity contribution in [3.05, 3.63) is 44.8 Å². The Balaban J connectivity index is 2.45. The van der Waals surface area contributed by atoms with Gasteiger partial charge in [-0.3, -0.25) is 14.3 Å². The maximum Gasteiger partial charge on any atom is 0.330 e. The summed E-state index contributed by atoms with van der Waals surface area (Å²) in [6, 6.07) is 0. The van der Waals surface area contributed by atoms with Crippen molar-refractivity contribution in [2.24, 2.45) is 0 Å². The maximum absolute atomic E-state index is 11.7. The molecule has 1 aromatic rings. The van der Waals surface area contributed by atoms with Crippen molar-refractivity contribution in [1.29, 1.82) is 0 Å². The van der Waals surface area contributed by atoms with Crippen LogP contribution in [0.1, 0.15) is 11.8 Å². The molecule has 1 fully saturated rings. The third kappa shape index (κ3) is 1.92. The van der Waals surface area contributed by atoms with E-state index >= 15 is 0 Å². The summed E-state index contributed by atoms with van der Waals surface area (Å²) >= 11 is 0. The standard InChI is InChI=1S/C11H14N2O5/c1-5-3-13(11(17)12-9(5)16)10-6(2)8(15)7(4-14)18-10/h3,7-8,10,14-15H,2,4H2,1H3,(H,12,16,17)/t7-,8-,10?/m1/s1. The van der Waals surface area contributed by atoms with Crippen LogP contribution < -0.4 is 11.2 Å². The highest BCUT2D eigenvalue weighted by Gasteiger charge is 2.38. The van der Waals surface area contributed by atoms with Crippen molar-refractivity contribution < 1.29 is 14.9 Å². The van der Waals surface area contributed by atoms with Gasteiger partial charge >= 0.3 is 5.69 Å². The van der Waals surface area contributed by atoms with E-state index in [1.807, 2.05) is 0 Å². The largest absolute Gasteiger partial charge is 0.394 e. The molecule has 0 aliphatic carbocycles. The van der Waals surface area contributed by atoms with Crippen molar-refractivity contribution >= 4 is 0 Å². The number of aryl methyl sites for hydroxylation is 1. The molecule has 0 radical (unpaired) electrons. The van der Waals surface area contributed by atoms with Crippen molar-refractivity contribution in [3.63, 3.8) is 0 Å². The first kappa shape index (κ1) is 12.7. The van der Waals surface area contributed by atoms with Gasteiger partial charge in [0.15, 0.2) is 6.23 Å². The Morgan fingerprint density at radius 2 is 2.22 bits per heavy atom. The second-order valence-electron chi connectivity index (χ2n) is 4.21. The second kappa shape index (κ2) is 4.52. The molecule has 1 aliphatic rings. The Bertz CT molecular complexity index is 588. The van der Waals surface area contributed by atoms with Crippen molar-refractivity contribution in [2.75, 3.05) is 6.61 Å². The molecular weight excluding hydrogens is 240 g/mol. The predicted molar refractivity (Wildman–Crippen MR) is 62.2 cm³/mol. The van der Waals surface area contributed by atoms with E-state index in [0.29, 0.717) is 5.56 Å². The molecule has 1 unspecified atom stereocenters. The number of aliphatic hydroxyl groups is 2. The number of hydrogen-bond donors (Lipinski definition) is 3. The van der Waals surface area contributed by atoms with Crippen LogP contribution in [0.25, 0.3) is 0 Å². The zero-order valence-corrected chi connectivity index (χ0v) is 9.79. The van der Waals surface area contributed by atoms with Gasteiger partial charge in [0.1, 0.15) is 12.2 Å². The minimum absolute atomic E-state index is 0.266. The quantitative estimate of drug-likeness (QED) is 0.566. The lowest BCUT2D eigenvalue weighted by molar-refractivity contribution is -0.0448. The van der Waals surface area contributed by atoms with Crippen LogP contribution >= 0.6 is 0 Å². The molecule has 3 N–H and O–H groups in total. The fourth-order valence-corrected chi connectivity index (χ4v) is 1.86. The van der Waals surface area contributed by atoms with Gasteiger partial charge in [0, 0.05) is 17.3 Å². The smallest absolute Gasteiger partial charge is 0.330 e. The average Bonchev–Trinajstić information content (AvgIpc) is 2.61. The van der Waals surface area contributed by atoms with Gasteiger partial charge in [0.05, 0.1) is 6.61 Å². The van der Waals surface area contributed by atoms with Crippen LogP contribution in [-0.2, 0) is 4.74 Å². The molecule has 0 saturated carbocycles. The van der Waals surface area contributed by atoms with Gasteiger partial charge in [-0.15, -0.1) is 0 Å². The third-order valence-electron chi connectivity index (χ3n) is 2.93. The average molecular weight is 254 g/mol. The molecule has 18 heavy (non-hydrogen) atoms. The molecule has 98 valence electrons. The molecule has 2 heterocycles. The lowest BCUT2D eigenvalue weighted by Gasteiger charge is -2.15. The highest BCUT2D eigenvalue weighted by molar-refractivity contribution is 5.16. The summed E-state index contributed by atoms with van der Waals surface area (Å²) in [6.45, 7) is 4.81. The van der Waals surface area contributed by atoms with E-state index in [-0.39, 0.29) is 12.2 Å². The molecule has 0 aromatic carbocycles. The van der Waals surface area contributed by atoms with E-state index in [9.17, 15) is 14.7 Å². The number of hydrogen-bond acceptors (Lipinski definition) is 5. The normalized spacial score (nSPS) is 27.7. The van der Waals surface area contributed by atoms with Gasteiger partial charge in [0.2, 0.25) is 0 Å². The topological polar surface area (TPSA) is 105 Å². The van der Waals surface area contributed by atoms with Crippen molar-refractivity contribution in [3.8, 4) is 0 Å². The molecule has 1 saturated heterocycles. The Morgan fingerprint density at radius 1 is 1.56 bits per heavy atom. The minimum atomic E-state index is -1.04. The van der Waals surface area contributed by atoms with Crippen LogP contribution in [0.15, 0.2) is 27.9 Å². The molecule has 1 aliphatic heterocycles. The Hall–Kier alpha value is -1.70. The first-order chi connectivity index (χ1) is 8.45. The van der Waals surface area contributed by atoms with Gasteiger partial charge in [0.25, 0.3) is 5.56 Å². The number of H-pyrrole nitrogens is 1. The number of rotatable bonds is 2. The summed E-state index contributed by atoms with van der Waals surface area (Å²) in [5, 5.41) is 18.7. The fourth-order valence-electron chi connectivity index (χ4n) is 1.86. The summed E-state index contributed by atoms with van der Waals surface area (Å²) in [4.78, 5) is 25.1.